The Bertz CT molecular complexity index is 626. The van der Waals surface area contributed by atoms with Crippen molar-refractivity contribution in [3.05, 3.63) is 58.1 Å². The Morgan fingerprint density at radius 2 is 2.00 bits per heavy atom. The van der Waals surface area contributed by atoms with Crippen molar-refractivity contribution in [2.45, 2.75) is 11.3 Å². The summed E-state index contributed by atoms with van der Waals surface area (Å²) in [4.78, 5) is 13.4. The summed E-state index contributed by atoms with van der Waals surface area (Å²) in [7, 11) is 1.62. The number of ether oxygens (including phenoxy) is 1. The van der Waals surface area contributed by atoms with Crippen LogP contribution in [0.4, 0.5) is 0 Å². The molecule has 0 saturated carbocycles. The van der Waals surface area contributed by atoms with Crippen molar-refractivity contribution < 1.29 is 9.53 Å². The molecule has 0 heterocycles. The van der Waals surface area contributed by atoms with Crippen LogP contribution in [0.2, 0.25) is 0 Å². The molecule has 0 aromatic heterocycles. The number of hydrogen-bond acceptors (Lipinski definition) is 3. The fourth-order valence-electron chi connectivity index (χ4n) is 1.98. The third-order valence-electron chi connectivity index (χ3n) is 2.99. The van der Waals surface area contributed by atoms with Gasteiger partial charge in [0.25, 0.3) is 0 Å². The van der Waals surface area contributed by atoms with Crippen LogP contribution in [0.15, 0.2) is 51.8 Å². The highest BCUT2D eigenvalue weighted by Crippen LogP contribution is 2.27. The molecule has 20 heavy (non-hydrogen) atoms. The van der Waals surface area contributed by atoms with Crippen molar-refractivity contribution in [1.82, 2.24) is 0 Å². The van der Waals surface area contributed by atoms with Crippen LogP contribution < -0.4 is 4.74 Å². The van der Waals surface area contributed by atoms with E-state index in [0.29, 0.717) is 6.42 Å². The maximum atomic E-state index is 12.4. The smallest absolute Gasteiger partial charge is 0.168 e. The minimum Gasteiger partial charge on any atom is -0.496 e. The molecule has 0 aliphatic carbocycles. The first-order chi connectivity index (χ1) is 9.65. The Kier molecular flexibility index (Phi) is 5.26. The summed E-state index contributed by atoms with van der Waals surface area (Å²) in [6, 6.07) is 13.4. The summed E-state index contributed by atoms with van der Waals surface area (Å²) in [5.74, 6) is 0.901. The van der Waals surface area contributed by atoms with Gasteiger partial charge in [0, 0.05) is 16.9 Å². The Morgan fingerprint density at radius 3 is 2.65 bits per heavy atom. The second-order valence-corrected chi connectivity index (χ2v) is 5.97. The maximum Gasteiger partial charge on any atom is 0.168 e. The Balaban J connectivity index is 2.21. The van der Waals surface area contributed by atoms with E-state index in [0.717, 1.165) is 26.2 Å². The van der Waals surface area contributed by atoms with Gasteiger partial charge in [-0.25, -0.2) is 0 Å². The van der Waals surface area contributed by atoms with Crippen LogP contribution in [0.25, 0.3) is 0 Å². The first-order valence-corrected chi connectivity index (χ1v) is 8.16. The Morgan fingerprint density at radius 1 is 1.25 bits per heavy atom. The minimum absolute atomic E-state index is 0.131. The predicted octanol–water partition coefficient (Wildman–Crippen LogP) is 4.61. The number of halogens is 1. The van der Waals surface area contributed by atoms with Gasteiger partial charge in [-0.2, -0.15) is 0 Å². The van der Waals surface area contributed by atoms with Gasteiger partial charge >= 0.3 is 0 Å². The van der Waals surface area contributed by atoms with Crippen LogP contribution in [0.3, 0.4) is 0 Å². The van der Waals surface area contributed by atoms with Gasteiger partial charge in [-0.15, -0.1) is 11.8 Å². The highest BCUT2D eigenvalue weighted by Gasteiger charge is 2.12. The van der Waals surface area contributed by atoms with E-state index in [1.54, 1.807) is 18.9 Å². The molecule has 2 rings (SSSR count). The molecule has 4 heteroatoms. The van der Waals surface area contributed by atoms with Crippen LogP contribution in [0, 0.1) is 0 Å². The lowest BCUT2D eigenvalue weighted by molar-refractivity contribution is 0.0990. The van der Waals surface area contributed by atoms with Gasteiger partial charge in [-0.1, -0.05) is 24.3 Å². The van der Waals surface area contributed by atoms with Crippen LogP contribution in [0.1, 0.15) is 15.9 Å². The van der Waals surface area contributed by atoms with Gasteiger partial charge in [0.2, 0.25) is 0 Å². The van der Waals surface area contributed by atoms with E-state index in [4.69, 9.17) is 4.74 Å². The molecular formula is C16H15BrO2S. The second-order valence-electron chi connectivity index (χ2n) is 4.27. The van der Waals surface area contributed by atoms with Crippen molar-refractivity contribution in [1.29, 1.82) is 0 Å². The van der Waals surface area contributed by atoms with E-state index in [1.165, 1.54) is 0 Å². The van der Waals surface area contributed by atoms with Crippen molar-refractivity contribution in [3.63, 3.8) is 0 Å². The molecule has 0 saturated heterocycles. The van der Waals surface area contributed by atoms with Crippen LogP contribution in [0.5, 0.6) is 5.75 Å². The van der Waals surface area contributed by atoms with Crippen molar-refractivity contribution >= 4 is 33.5 Å². The molecule has 0 fully saturated rings. The summed E-state index contributed by atoms with van der Waals surface area (Å²) >= 11 is 5.03. The quantitative estimate of drug-likeness (QED) is 0.582. The van der Waals surface area contributed by atoms with Gasteiger partial charge in [-0.3, -0.25) is 4.79 Å². The average molecular weight is 351 g/mol. The van der Waals surface area contributed by atoms with Gasteiger partial charge in [-0.05, 0) is 45.9 Å². The van der Waals surface area contributed by atoms with Crippen LogP contribution >= 0.6 is 27.7 Å². The van der Waals surface area contributed by atoms with E-state index in [2.05, 4.69) is 15.9 Å². The lowest BCUT2D eigenvalue weighted by Crippen LogP contribution is -2.05. The largest absolute Gasteiger partial charge is 0.496 e. The first kappa shape index (κ1) is 15.1. The normalized spacial score (nSPS) is 10.3. The molecule has 2 aromatic carbocycles. The van der Waals surface area contributed by atoms with E-state index in [-0.39, 0.29) is 5.78 Å². The molecule has 0 aliphatic heterocycles. The standard InChI is InChI=1S/C16H15BrO2S/c1-19-15-8-7-11(9-13(15)17)10-14(18)12-5-3-4-6-16(12)20-2/h3-9H,10H2,1-2H3. The van der Waals surface area contributed by atoms with Crippen molar-refractivity contribution in [2.75, 3.05) is 13.4 Å². The third-order valence-corrected chi connectivity index (χ3v) is 4.40. The fraction of sp³-hybridized carbons (Fsp3) is 0.188. The highest BCUT2D eigenvalue weighted by atomic mass is 79.9. The molecule has 2 aromatic rings. The summed E-state index contributed by atoms with van der Waals surface area (Å²) < 4.78 is 6.06. The number of rotatable bonds is 5. The minimum atomic E-state index is 0.131. The number of benzene rings is 2. The lowest BCUT2D eigenvalue weighted by atomic mass is 10.0. The van der Waals surface area contributed by atoms with Crippen molar-refractivity contribution in [2.24, 2.45) is 0 Å². The number of ketones is 1. The average Bonchev–Trinajstić information content (AvgIpc) is 2.47. The molecule has 104 valence electrons. The zero-order valence-corrected chi connectivity index (χ0v) is 13.8. The summed E-state index contributed by atoms with van der Waals surface area (Å²) in [6.07, 6.45) is 2.37. The summed E-state index contributed by atoms with van der Waals surface area (Å²) in [5, 5.41) is 0. The van der Waals surface area contributed by atoms with Crippen molar-refractivity contribution in [3.8, 4) is 5.75 Å². The second kappa shape index (κ2) is 6.95. The molecule has 0 spiro atoms. The fourth-order valence-corrected chi connectivity index (χ4v) is 3.18. The van der Waals surface area contributed by atoms with E-state index in [1.807, 2.05) is 48.7 Å². The SMILES string of the molecule is COc1ccc(CC(=O)c2ccccc2SC)cc1Br. The first-order valence-electron chi connectivity index (χ1n) is 6.14. The maximum absolute atomic E-state index is 12.4. The number of carbonyl (C=O) groups excluding carboxylic acids is 1. The monoisotopic (exact) mass is 350 g/mol. The molecule has 0 unspecified atom stereocenters. The molecule has 0 bridgehead atoms. The molecule has 0 amide bonds. The van der Waals surface area contributed by atoms with Gasteiger partial charge in [0.05, 0.1) is 11.6 Å². The summed E-state index contributed by atoms with van der Waals surface area (Å²) in [6.45, 7) is 0. The predicted molar refractivity (Wildman–Crippen MR) is 87.0 cm³/mol. The summed E-state index contributed by atoms with van der Waals surface area (Å²) in [5.41, 5.74) is 1.76. The van der Waals surface area contributed by atoms with Gasteiger partial charge < -0.3 is 4.74 Å². The van der Waals surface area contributed by atoms with E-state index in [9.17, 15) is 4.79 Å². The zero-order chi connectivity index (χ0) is 14.5. The molecular weight excluding hydrogens is 336 g/mol. The highest BCUT2D eigenvalue weighted by molar-refractivity contribution is 9.10. The number of carbonyl (C=O) groups is 1. The van der Waals surface area contributed by atoms with Crippen LogP contribution in [-0.4, -0.2) is 19.1 Å². The molecule has 2 nitrogen and oxygen atoms in total. The lowest BCUT2D eigenvalue weighted by Gasteiger charge is -2.08. The number of Topliss-reactive ketones (excluding diaryl/α,β-unsaturated/α-hetero) is 1. The van der Waals surface area contributed by atoms with E-state index < -0.39 is 0 Å². The van der Waals surface area contributed by atoms with E-state index >= 15 is 0 Å². The third kappa shape index (κ3) is 3.44. The number of methoxy groups -OCH3 is 1. The van der Waals surface area contributed by atoms with Gasteiger partial charge in [0.15, 0.2) is 5.78 Å². The number of thioether (sulfide) groups is 1. The number of hydrogen-bond donors (Lipinski definition) is 0. The molecule has 0 atom stereocenters. The molecule has 0 radical (unpaired) electrons. The molecule has 0 aliphatic rings. The zero-order valence-electron chi connectivity index (χ0n) is 11.4. The topological polar surface area (TPSA) is 26.3 Å². The Hall–Kier alpha value is -1.26. The Labute approximate surface area is 131 Å². The van der Waals surface area contributed by atoms with Gasteiger partial charge in [0.1, 0.15) is 5.75 Å². The molecule has 0 N–H and O–H groups in total. The van der Waals surface area contributed by atoms with Crippen LogP contribution in [-0.2, 0) is 6.42 Å².